The first kappa shape index (κ1) is 25.0. The Hall–Kier alpha value is -3.30. The Kier molecular flexibility index (Phi) is 6.88. The summed E-state index contributed by atoms with van der Waals surface area (Å²) in [6.45, 7) is 7.38. The van der Waals surface area contributed by atoms with Crippen molar-refractivity contribution in [2.75, 3.05) is 18.4 Å². The van der Waals surface area contributed by atoms with Gasteiger partial charge >= 0.3 is 0 Å². The van der Waals surface area contributed by atoms with Crippen LogP contribution >= 0.6 is 22.7 Å². The Morgan fingerprint density at radius 1 is 1.03 bits per heavy atom. The SMILES string of the molecule is Cc1sc2nc(C3CCCCC3)nc(NCCNC(=O)c3cc4c(C)nn(-c5ccccc5)c4s3)c2c1C. The van der Waals surface area contributed by atoms with Gasteiger partial charge in [-0.15, -0.1) is 22.7 Å². The van der Waals surface area contributed by atoms with E-state index in [0.717, 1.165) is 43.5 Å². The molecule has 1 aromatic carbocycles. The highest BCUT2D eigenvalue weighted by Gasteiger charge is 2.22. The molecule has 0 bridgehead atoms. The van der Waals surface area contributed by atoms with E-state index in [-0.39, 0.29) is 5.91 Å². The molecule has 0 atom stereocenters. The number of carbonyl (C=O) groups is 1. The fourth-order valence-electron chi connectivity index (χ4n) is 5.28. The minimum Gasteiger partial charge on any atom is -0.368 e. The molecule has 1 amide bonds. The zero-order chi connectivity index (χ0) is 26.2. The number of para-hydroxylation sites is 1. The lowest BCUT2D eigenvalue weighted by Crippen LogP contribution is -2.28. The van der Waals surface area contributed by atoms with Crippen LogP contribution in [0.1, 0.15) is 69.7 Å². The van der Waals surface area contributed by atoms with Gasteiger partial charge in [-0.2, -0.15) is 5.10 Å². The van der Waals surface area contributed by atoms with Crippen molar-refractivity contribution >= 4 is 54.8 Å². The number of aromatic nitrogens is 4. The summed E-state index contributed by atoms with van der Waals surface area (Å²) < 4.78 is 1.92. The largest absolute Gasteiger partial charge is 0.368 e. The van der Waals surface area contributed by atoms with Crippen molar-refractivity contribution in [1.29, 1.82) is 0 Å². The molecule has 2 N–H and O–H groups in total. The van der Waals surface area contributed by atoms with E-state index in [1.54, 1.807) is 11.3 Å². The van der Waals surface area contributed by atoms with Gasteiger partial charge in [0.1, 0.15) is 21.3 Å². The fourth-order valence-corrected chi connectivity index (χ4v) is 7.42. The lowest BCUT2D eigenvalue weighted by Gasteiger charge is -2.21. The minimum atomic E-state index is -0.0645. The van der Waals surface area contributed by atoms with Gasteiger partial charge in [-0.3, -0.25) is 4.79 Å². The zero-order valence-corrected chi connectivity index (χ0v) is 23.6. The fraction of sp³-hybridized carbons (Fsp3) is 0.379. The molecule has 0 saturated heterocycles. The Bertz CT molecular complexity index is 1610. The van der Waals surface area contributed by atoms with Crippen molar-refractivity contribution in [3.8, 4) is 5.69 Å². The van der Waals surface area contributed by atoms with E-state index in [1.807, 2.05) is 48.0 Å². The molecule has 1 aliphatic carbocycles. The van der Waals surface area contributed by atoms with Gasteiger partial charge in [0.15, 0.2) is 0 Å². The molecule has 7 nitrogen and oxygen atoms in total. The third-order valence-electron chi connectivity index (χ3n) is 7.49. The molecule has 0 aliphatic heterocycles. The summed E-state index contributed by atoms with van der Waals surface area (Å²) in [6.07, 6.45) is 6.15. The molecule has 1 saturated carbocycles. The lowest BCUT2D eigenvalue weighted by molar-refractivity contribution is 0.0959. The molecular weight excluding hydrogens is 512 g/mol. The summed E-state index contributed by atoms with van der Waals surface area (Å²) in [5.41, 5.74) is 3.15. The van der Waals surface area contributed by atoms with Crippen molar-refractivity contribution < 1.29 is 4.79 Å². The van der Waals surface area contributed by atoms with Gasteiger partial charge in [0.2, 0.25) is 0 Å². The first-order valence-electron chi connectivity index (χ1n) is 13.3. The number of aryl methyl sites for hydroxylation is 3. The molecule has 4 heterocycles. The van der Waals surface area contributed by atoms with Crippen LogP contribution in [-0.2, 0) is 0 Å². The maximum Gasteiger partial charge on any atom is 0.261 e. The van der Waals surface area contributed by atoms with Crippen molar-refractivity contribution in [2.45, 2.75) is 58.8 Å². The minimum absolute atomic E-state index is 0.0645. The molecule has 5 aromatic rings. The Labute approximate surface area is 230 Å². The van der Waals surface area contributed by atoms with Crippen LogP contribution in [0.4, 0.5) is 5.82 Å². The summed E-state index contributed by atoms with van der Waals surface area (Å²) in [5.74, 6) is 2.25. The van der Waals surface area contributed by atoms with E-state index < -0.39 is 0 Å². The van der Waals surface area contributed by atoms with Crippen molar-refractivity contribution in [1.82, 2.24) is 25.1 Å². The van der Waals surface area contributed by atoms with E-state index in [2.05, 4.69) is 29.6 Å². The maximum absolute atomic E-state index is 13.0. The number of thiophene rings is 2. The maximum atomic E-state index is 13.0. The molecule has 0 spiro atoms. The van der Waals surface area contributed by atoms with E-state index >= 15 is 0 Å². The number of anilines is 1. The molecule has 4 aromatic heterocycles. The number of benzene rings is 1. The molecule has 1 aliphatic rings. The third-order valence-corrected chi connectivity index (χ3v) is 9.70. The average molecular weight is 545 g/mol. The summed E-state index contributed by atoms with van der Waals surface area (Å²) in [5, 5.41) is 13.4. The standard InChI is InChI=1S/C29H32N6OS2/c1-17-19(3)37-28-24(17)26(32-25(33-28)20-10-6-4-7-11-20)30-14-15-31-27(36)23-16-22-18(2)34-35(29(22)38-23)21-12-8-5-9-13-21/h5,8-9,12-13,16,20H,4,6-7,10-11,14-15H2,1-3H3,(H,31,36)(H,30,32,33). The second-order valence-corrected chi connectivity index (χ2v) is 12.3. The molecule has 9 heteroatoms. The third kappa shape index (κ3) is 4.69. The highest BCUT2D eigenvalue weighted by molar-refractivity contribution is 7.20. The van der Waals surface area contributed by atoms with E-state index in [1.165, 1.54) is 53.9 Å². The summed E-state index contributed by atoms with van der Waals surface area (Å²) >= 11 is 3.22. The zero-order valence-electron chi connectivity index (χ0n) is 22.0. The Morgan fingerprint density at radius 2 is 1.82 bits per heavy atom. The van der Waals surface area contributed by atoms with Gasteiger partial charge in [-0.1, -0.05) is 37.5 Å². The molecule has 0 unspecified atom stereocenters. The van der Waals surface area contributed by atoms with Crippen LogP contribution in [0.2, 0.25) is 0 Å². The van der Waals surface area contributed by atoms with Crippen LogP contribution in [0, 0.1) is 20.8 Å². The highest BCUT2D eigenvalue weighted by Crippen LogP contribution is 2.37. The van der Waals surface area contributed by atoms with Crippen LogP contribution in [0.15, 0.2) is 36.4 Å². The van der Waals surface area contributed by atoms with Gasteiger partial charge in [0.05, 0.1) is 21.6 Å². The normalized spacial score (nSPS) is 14.4. The van der Waals surface area contributed by atoms with Gasteiger partial charge in [-0.05, 0) is 57.4 Å². The average Bonchev–Trinajstić information content (AvgIpc) is 3.60. The second kappa shape index (κ2) is 10.5. The van der Waals surface area contributed by atoms with Gasteiger partial charge in [0.25, 0.3) is 5.91 Å². The number of hydrogen-bond acceptors (Lipinski definition) is 7. The summed E-state index contributed by atoms with van der Waals surface area (Å²) in [4.78, 5) is 27.0. The van der Waals surface area contributed by atoms with Crippen LogP contribution in [0.3, 0.4) is 0 Å². The predicted octanol–water partition coefficient (Wildman–Crippen LogP) is 6.91. The molecular formula is C29H32N6OS2. The van der Waals surface area contributed by atoms with Crippen LogP contribution < -0.4 is 10.6 Å². The van der Waals surface area contributed by atoms with E-state index in [0.29, 0.717) is 23.9 Å². The van der Waals surface area contributed by atoms with Crippen molar-refractivity contribution in [3.63, 3.8) is 0 Å². The predicted molar refractivity (Wildman–Crippen MR) is 157 cm³/mol. The van der Waals surface area contributed by atoms with Gasteiger partial charge in [-0.25, -0.2) is 14.6 Å². The number of rotatable bonds is 7. The van der Waals surface area contributed by atoms with Crippen LogP contribution in [0.5, 0.6) is 0 Å². The molecule has 1 fully saturated rings. The highest BCUT2D eigenvalue weighted by atomic mass is 32.1. The lowest BCUT2D eigenvalue weighted by atomic mass is 9.88. The topological polar surface area (TPSA) is 84.7 Å². The Balaban J connectivity index is 1.16. The molecule has 38 heavy (non-hydrogen) atoms. The number of fused-ring (bicyclic) bond motifs is 2. The first-order chi connectivity index (χ1) is 18.5. The van der Waals surface area contributed by atoms with Crippen molar-refractivity contribution in [3.05, 3.63) is 63.2 Å². The van der Waals surface area contributed by atoms with Gasteiger partial charge in [0, 0.05) is 29.3 Å². The summed E-state index contributed by atoms with van der Waals surface area (Å²) in [7, 11) is 0. The number of carbonyl (C=O) groups excluding carboxylic acids is 1. The molecule has 6 rings (SSSR count). The van der Waals surface area contributed by atoms with E-state index in [4.69, 9.17) is 9.97 Å². The number of nitrogens with one attached hydrogen (secondary N) is 2. The number of hydrogen-bond donors (Lipinski definition) is 2. The quantitative estimate of drug-likeness (QED) is 0.218. The van der Waals surface area contributed by atoms with Crippen LogP contribution in [0.25, 0.3) is 26.1 Å². The second-order valence-electron chi connectivity index (χ2n) is 10.1. The summed E-state index contributed by atoms with van der Waals surface area (Å²) in [6, 6.07) is 12.0. The van der Waals surface area contributed by atoms with Crippen molar-refractivity contribution in [2.24, 2.45) is 0 Å². The van der Waals surface area contributed by atoms with Crippen LogP contribution in [-0.4, -0.2) is 38.7 Å². The number of amides is 1. The smallest absolute Gasteiger partial charge is 0.261 e. The Morgan fingerprint density at radius 3 is 2.61 bits per heavy atom. The first-order valence-corrected chi connectivity index (χ1v) is 15.0. The molecule has 196 valence electrons. The van der Waals surface area contributed by atoms with Gasteiger partial charge < -0.3 is 10.6 Å². The molecule has 0 radical (unpaired) electrons. The van der Waals surface area contributed by atoms with E-state index in [9.17, 15) is 4.79 Å². The number of nitrogens with zero attached hydrogens (tertiary/aromatic N) is 4. The monoisotopic (exact) mass is 544 g/mol.